The number of carbonyl (C=O) groups excluding carboxylic acids is 2. The highest BCUT2D eigenvalue weighted by Crippen LogP contribution is 2.48. The predicted octanol–water partition coefficient (Wildman–Crippen LogP) is 0.503. The number of carboxylic acid groups (broad SMARTS) is 1. The largest absolute Gasteiger partial charge is 0.481 e. The number of aliphatic carboxylic acids is 1. The van der Waals surface area contributed by atoms with Crippen molar-refractivity contribution in [3.8, 4) is 0 Å². The number of rotatable bonds is 2. The summed E-state index contributed by atoms with van der Waals surface area (Å²) in [4.78, 5) is 38.8. The lowest BCUT2D eigenvalue weighted by Crippen LogP contribution is -2.52. The van der Waals surface area contributed by atoms with E-state index >= 15 is 0 Å². The number of urea groups is 1. The highest BCUT2D eigenvalue weighted by molar-refractivity contribution is 5.81. The smallest absolute Gasteiger partial charge is 0.317 e. The lowest BCUT2D eigenvalue weighted by molar-refractivity contribution is -0.149. The highest BCUT2D eigenvalue weighted by atomic mass is 16.4. The van der Waals surface area contributed by atoms with Crippen LogP contribution in [0.15, 0.2) is 0 Å². The number of nitrogens with one attached hydrogen (secondary N) is 1. The molecule has 3 rings (SSSR count). The Bertz CT molecular complexity index is 509. The zero-order valence-electron chi connectivity index (χ0n) is 12.9. The Labute approximate surface area is 129 Å². The molecule has 0 aromatic heterocycles. The number of fused-ring (bicyclic) bond motifs is 1. The number of piperidine rings is 1. The molecule has 0 spiro atoms. The molecule has 122 valence electrons. The van der Waals surface area contributed by atoms with Gasteiger partial charge < -0.3 is 20.2 Å². The normalized spacial score (nSPS) is 34.7. The predicted molar refractivity (Wildman–Crippen MR) is 78.2 cm³/mol. The summed E-state index contributed by atoms with van der Waals surface area (Å²) < 4.78 is 0. The summed E-state index contributed by atoms with van der Waals surface area (Å²) in [6, 6.07) is -0.237. The van der Waals surface area contributed by atoms with Gasteiger partial charge in [-0.25, -0.2) is 4.79 Å². The minimum absolute atomic E-state index is 0.0450. The summed E-state index contributed by atoms with van der Waals surface area (Å²) in [5.74, 6) is -0.592. The van der Waals surface area contributed by atoms with Crippen molar-refractivity contribution in [2.75, 3.05) is 26.7 Å². The Kier molecular flexibility index (Phi) is 3.74. The van der Waals surface area contributed by atoms with E-state index in [4.69, 9.17) is 0 Å². The monoisotopic (exact) mass is 309 g/mol. The number of hydrogen-bond acceptors (Lipinski definition) is 3. The summed E-state index contributed by atoms with van der Waals surface area (Å²) in [6.07, 6.45) is 3.58. The lowest BCUT2D eigenvalue weighted by Gasteiger charge is -2.31. The van der Waals surface area contributed by atoms with Gasteiger partial charge in [0, 0.05) is 39.1 Å². The highest BCUT2D eigenvalue weighted by Gasteiger charge is 2.55. The van der Waals surface area contributed by atoms with Crippen molar-refractivity contribution in [2.45, 2.75) is 38.1 Å². The second-order valence-electron chi connectivity index (χ2n) is 6.89. The molecule has 2 heterocycles. The van der Waals surface area contributed by atoms with Crippen LogP contribution in [0.5, 0.6) is 0 Å². The number of amides is 3. The summed E-state index contributed by atoms with van der Waals surface area (Å²) in [5.41, 5.74) is -0.739. The van der Waals surface area contributed by atoms with Gasteiger partial charge in [0.25, 0.3) is 0 Å². The molecule has 0 aromatic rings. The molecule has 2 saturated heterocycles. The van der Waals surface area contributed by atoms with Crippen LogP contribution in [0.4, 0.5) is 4.79 Å². The van der Waals surface area contributed by atoms with Gasteiger partial charge in [0.2, 0.25) is 5.91 Å². The molecule has 1 saturated carbocycles. The first-order chi connectivity index (χ1) is 10.4. The fourth-order valence-electron chi connectivity index (χ4n) is 4.19. The molecule has 3 aliphatic rings. The molecule has 0 radical (unpaired) electrons. The third-order valence-corrected chi connectivity index (χ3v) is 5.54. The van der Waals surface area contributed by atoms with Gasteiger partial charge in [-0.15, -0.1) is 0 Å². The fraction of sp³-hybridized carbons (Fsp3) is 0.800. The van der Waals surface area contributed by atoms with Gasteiger partial charge in [-0.1, -0.05) is 6.42 Å². The lowest BCUT2D eigenvalue weighted by atomic mass is 9.81. The first-order valence-corrected chi connectivity index (χ1v) is 7.95. The van der Waals surface area contributed by atoms with Gasteiger partial charge in [-0.2, -0.15) is 0 Å². The van der Waals surface area contributed by atoms with E-state index in [0.29, 0.717) is 38.9 Å². The molecule has 0 aromatic carbocycles. The van der Waals surface area contributed by atoms with E-state index < -0.39 is 11.4 Å². The zero-order valence-corrected chi connectivity index (χ0v) is 12.9. The van der Waals surface area contributed by atoms with E-state index in [9.17, 15) is 19.5 Å². The molecule has 3 amide bonds. The Morgan fingerprint density at radius 2 is 2.09 bits per heavy atom. The third-order valence-electron chi connectivity index (χ3n) is 5.54. The number of likely N-dealkylation sites (N-methyl/N-ethyl adjacent to an activating group) is 1. The average molecular weight is 309 g/mol. The summed E-state index contributed by atoms with van der Waals surface area (Å²) in [6.45, 7) is 1.35. The van der Waals surface area contributed by atoms with Gasteiger partial charge in [0.05, 0.1) is 5.41 Å². The Balaban J connectivity index is 1.60. The van der Waals surface area contributed by atoms with Crippen molar-refractivity contribution in [1.29, 1.82) is 0 Å². The second-order valence-corrected chi connectivity index (χ2v) is 6.89. The zero-order chi connectivity index (χ0) is 15.9. The molecular formula is C15H23N3O4. The van der Waals surface area contributed by atoms with E-state index in [0.717, 1.165) is 12.8 Å². The van der Waals surface area contributed by atoms with Crippen LogP contribution in [0.25, 0.3) is 0 Å². The number of carboxylic acids is 1. The van der Waals surface area contributed by atoms with Crippen LogP contribution >= 0.6 is 0 Å². The Morgan fingerprint density at radius 3 is 2.73 bits per heavy atom. The van der Waals surface area contributed by atoms with E-state index in [-0.39, 0.29) is 23.9 Å². The van der Waals surface area contributed by atoms with Crippen molar-refractivity contribution in [3.63, 3.8) is 0 Å². The van der Waals surface area contributed by atoms with E-state index in [1.54, 1.807) is 16.8 Å². The number of nitrogens with zero attached hydrogens (tertiary/aromatic N) is 2. The van der Waals surface area contributed by atoms with Crippen LogP contribution in [0.3, 0.4) is 0 Å². The molecule has 1 aliphatic carbocycles. The molecule has 0 bridgehead atoms. The minimum atomic E-state index is -0.770. The Morgan fingerprint density at radius 1 is 1.32 bits per heavy atom. The maximum atomic E-state index is 12.4. The van der Waals surface area contributed by atoms with E-state index in [2.05, 4.69) is 5.32 Å². The third kappa shape index (κ3) is 2.42. The van der Waals surface area contributed by atoms with Crippen molar-refractivity contribution in [1.82, 2.24) is 15.1 Å². The number of carbonyl (C=O) groups is 3. The van der Waals surface area contributed by atoms with Crippen molar-refractivity contribution in [2.24, 2.45) is 11.3 Å². The van der Waals surface area contributed by atoms with Crippen LogP contribution in [0.2, 0.25) is 0 Å². The van der Waals surface area contributed by atoms with Gasteiger partial charge in [-0.3, -0.25) is 9.59 Å². The van der Waals surface area contributed by atoms with Gasteiger partial charge in [0.15, 0.2) is 0 Å². The fourth-order valence-corrected chi connectivity index (χ4v) is 4.19. The van der Waals surface area contributed by atoms with Crippen molar-refractivity contribution >= 4 is 17.9 Å². The summed E-state index contributed by atoms with van der Waals surface area (Å²) >= 11 is 0. The molecule has 7 nitrogen and oxygen atoms in total. The molecule has 2 aliphatic heterocycles. The second kappa shape index (κ2) is 5.44. The SMILES string of the molecule is CN1CC(NC(=O)N2C[C@@H]3CCC[C@@]3(C(=O)O)C2)CCC1=O. The van der Waals surface area contributed by atoms with Crippen molar-refractivity contribution < 1.29 is 19.5 Å². The van der Waals surface area contributed by atoms with Crippen LogP contribution in [-0.2, 0) is 9.59 Å². The quantitative estimate of drug-likeness (QED) is 0.777. The number of likely N-dealkylation sites (tertiary alicyclic amines) is 2. The first-order valence-electron chi connectivity index (χ1n) is 7.95. The molecule has 2 N–H and O–H groups in total. The van der Waals surface area contributed by atoms with Crippen molar-refractivity contribution in [3.05, 3.63) is 0 Å². The van der Waals surface area contributed by atoms with E-state index in [1.807, 2.05) is 0 Å². The summed E-state index contributed by atoms with van der Waals surface area (Å²) in [5, 5.41) is 12.5. The van der Waals surface area contributed by atoms with Crippen LogP contribution in [0, 0.1) is 11.3 Å². The van der Waals surface area contributed by atoms with Gasteiger partial charge >= 0.3 is 12.0 Å². The minimum Gasteiger partial charge on any atom is -0.481 e. The van der Waals surface area contributed by atoms with Gasteiger partial charge in [-0.05, 0) is 25.2 Å². The van der Waals surface area contributed by atoms with Crippen LogP contribution in [-0.4, -0.2) is 65.5 Å². The molecular weight excluding hydrogens is 286 g/mol. The first kappa shape index (κ1) is 15.1. The van der Waals surface area contributed by atoms with Gasteiger partial charge in [0.1, 0.15) is 0 Å². The topological polar surface area (TPSA) is 90.0 Å². The molecule has 3 atom stereocenters. The summed E-state index contributed by atoms with van der Waals surface area (Å²) in [7, 11) is 1.74. The molecule has 3 fully saturated rings. The molecule has 7 heteroatoms. The van der Waals surface area contributed by atoms with E-state index in [1.165, 1.54) is 0 Å². The standard InChI is InChI=1S/C15H23N3O4/c1-17-8-11(4-5-12(17)19)16-14(22)18-7-10-3-2-6-15(10,9-18)13(20)21/h10-11H,2-9H2,1H3,(H,16,22)(H,20,21)/t10-,11?,15+/m0/s1. The molecule has 22 heavy (non-hydrogen) atoms. The maximum Gasteiger partial charge on any atom is 0.317 e. The molecule has 1 unspecified atom stereocenters. The average Bonchev–Trinajstić information content (AvgIpc) is 3.00. The number of hydrogen-bond donors (Lipinski definition) is 2. The maximum absolute atomic E-state index is 12.4. The Hall–Kier alpha value is -1.79. The van der Waals surface area contributed by atoms with Crippen LogP contribution < -0.4 is 5.32 Å². The van der Waals surface area contributed by atoms with Crippen LogP contribution in [0.1, 0.15) is 32.1 Å².